The SMILES string of the molecule is CNc1nc2nnc(-c3cccc(-c4ccc(C(C)(C)C)cc4)c3)n2c2cc(C(SC)S(=O)(=O)c3ccc(C)cc3)c(F)cc12. The lowest BCUT2D eigenvalue weighted by molar-refractivity contribution is 0.586. The van der Waals surface area contributed by atoms with Crippen molar-refractivity contribution in [1.29, 1.82) is 0 Å². The number of hydrogen-bond acceptors (Lipinski definition) is 7. The lowest BCUT2D eigenvalue weighted by Gasteiger charge is -2.19. The van der Waals surface area contributed by atoms with Crippen molar-refractivity contribution in [1.82, 2.24) is 19.6 Å². The van der Waals surface area contributed by atoms with E-state index in [1.54, 1.807) is 48.0 Å². The number of nitrogens with zero attached hydrogens (tertiary/aromatic N) is 4. The van der Waals surface area contributed by atoms with Crippen LogP contribution in [0.25, 0.3) is 39.2 Å². The average Bonchev–Trinajstić information content (AvgIpc) is 3.45. The van der Waals surface area contributed by atoms with E-state index in [2.05, 4.69) is 65.5 Å². The molecule has 6 rings (SSSR count). The molecule has 2 heterocycles. The topological polar surface area (TPSA) is 89.2 Å². The molecule has 0 radical (unpaired) electrons. The Morgan fingerprint density at radius 3 is 2.22 bits per heavy atom. The summed E-state index contributed by atoms with van der Waals surface area (Å²) in [6.45, 7) is 8.45. The van der Waals surface area contributed by atoms with Crippen molar-refractivity contribution in [2.24, 2.45) is 0 Å². The van der Waals surface area contributed by atoms with Gasteiger partial charge in [0.15, 0.2) is 15.7 Å². The first-order chi connectivity index (χ1) is 21.4. The molecule has 6 aromatic rings. The normalized spacial score (nSPS) is 13.0. The highest BCUT2D eigenvalue weighted by atomic mass is 32.3. The Labute approximate surface area is 266 Å². The molecule has 0 bridgehead atoms. The number of rotatable bonds is 7. The quantitative estimate of drug-likeness (QED) is 0.188. The lowest BCUT2D eigenvalue weighted by atomic mass is 9.86. The molecule has 230 valence electrons. The molecular formula is C35H34FN5O2S2. The Morgan fingerprint density at radius 2 is 1.58 bits per heavy atom. The second kappa shape index (κ2) is 11.6. The summed E-state index contributed by atoms with van der Waals surface area (Å²) in [7, 11) is -2.23. The van der Waals surface area contributed by atoms with Gasteiger partial charge in [0, 0.05) is 23.6 Å². The van der Waals surface area contributed by atoms with Crippen LogP contribution < -0.4 is 5.32 Å². The van der Waals surface area contributed by atoms with Crippen molar-refractivity contribution in [3.05, 3.63) is 107 Å². The smallest absolute Gasteiger partial charge is 0.257 e. The van der Waals surface area contributed by atoms with Crippen LogP contribution >= 0.6 is 11.8 Å². The van der Waals surface area contributed by atoms with Crippen molar-refractivity contribution >= 4 is 44.1 Å². The second-order valence-electron chi connectivity index (χ2n) is 12.1. The zero-order chi connectivity index (χ0) is 32.1. The van der Waals surface area contributed by atoms with Gasteiger partial charge in [-0.2, -0.15) is 4.98 Å². The first-order valence-electron chi connectivity index (χ1n) is 14.5. The summed E-state index contributed by atoms with van der Waals surface area (Å²) in [6, 6.07) is 26.1. The molecule has 0 amide bonds. The van der Waals surface area contributed by atoms with E-state index in [1.165, 1.54) is 11.6 Å². The largest absolute Gasteiger partial charge is 0.372 e. The van der Waals surface area contributed by atoms with Gasteiger partial charge < -0.3 is 5.32 Å². The van der Waals surface area contributed by atoms with Gasteiger partial charge in [-0.05, 0) is 65.6 Å². The van der Waals surface area contributed by atoms with E-state index in [9.17, 15) is 8.42 Å². The number of benzene rings is 4. The molecule has 1 unspecified atom stereocenters. The Kier molecular flexibility index (Phi) is 7.91. The summed E-state index contributed by atoms with van der Waals surface area (Å²) >= 11 is 1.07. The fraction of sp³-hybridized carbons (Fsp3) is 0.229. The molecule has 0 aliphatic heterocycles. The van der Waals surface area contributed by atoms with Crippen LogP contribution in [-0.2, 0) is 15.3 Å². The number of thioether (sulfide) groups is 1. The first-order valence-corrected chi connectivity index (χ1v) is 17.4. The van der Waals surface area contributed by atoms with Crippen LogP contribution in [0.5, 0.6) is 0 Å². The van der Waals surface area contributed by atoms with Crippen molar-refractivity contribution in [2.45, 2.75) is 42.6 Å². The van der Waals surface area contributed by atoms with Crippen molar-refractivity contribution < 1.29 is 12.8 Å². The van der Waals surface area contributed by atoms with Gasteiger partial charge in [-0.1, -0.05) is 80.9 Å². The standard InChI is InChI=1S/C35H34FN5O2S2/c1-21-10-16-26(17-11-21)45(42,43)33(44-6)27-20-30-28(19-29(27)36)31(37-5)38-34-40-39-32(41(30)34)24-9-7-8-23(18-24)22-12-14-25(15-13-22)35(2,3)4/h7-20,33H,1-6H3,(H,37,38,40). The number of aromatic nitrogens is 4. The van der Waals surface area contributed by atoms with Gasteiger partial charge in [-0.15, -0.1) is 22.0 Å². The number of fused-ring (bicyclic) bond motifs is 3. The molecule has 0 saturated carbocycles. The van der Waals surface area contributed by atoms with Gasteiger partial charge in [-0.25, -0.2) is 12.8 Å². The number of halogens is 1. The van der Waals surface area contributed by atoms with Gasteiger partial charge in [0.1, 0.15) is 16.2 Å². The third-order valence-electron chi connectivity index (χ3n) is 8.01. The maximum absolute atomic E-state index is 15.9. The number of nitrogens with one attached hydrogen (secondary N) is 1. The van der Waals surface area contributed by atoms with Crippen LogP contribution in [0.2, 0.25) is 0 Å². The van der Waals surface area contributed by atoms with Crippen LogP contribution in [0.3, 0.4) is 0 Å². The molecule has 0 aliphatic carbocycles. The Bertz CT molecular complexity index is 2150. The van der Waals surface area contributed by atoms with Crippen LogP contribution in [0, 0.1) is 12.7 Å². The van der Waals surface area contributed by atoms with Crippen LogP contribution in [0.4, 0.5) is 10.2 Å². The Morgan fingerprint density at radius 1 is 0.889 bits per heavy atom. The van der Waals surface area contributed by atoms with E-state index in [1.807, 2.05) is 31.2 Å². The Balaban J connectivity index is 1.53. The molecule has 0 fully saturated rings. The Hall–Kier alpha value is -4.28. The van der Waals surface area contributed by atoms with E-state index in [-0.39, 0.29) is 15.9 Å². The molecule has 4 aromatic carbocycles. The summed E-state index contributed by atoms with van der Waals surface area (Å²) in [5.74, 6) is 0.599. The van der Waals surface area contributed by atoms with E-state index < -0.39 is 20.2 Å². The van der Waals surface area contributed by atoms with E-state index in [0.29, 0.717) is 28.3 Å². The predicted octanol–water partition coefficient (Wildman–Crippen LogP) is 8.23. The number of aryl methyl sites for hydroxylation is 1. The average molecular weight is 640 g/mol. The molecule has 1 atom stereocenters. The van der Waals surface area contributed by atoms with Gasteiger partial charge in [0.25, 0.3) is 5.78 Å². The highest BCUT2D eigenvalue weighted by Crippen LogP contribution is 2.41. The van der Waals surface area contributed by atoms with Crippen molar-refractivity contribution in [3.63, 3.8) is 0 Å². The predicted molar refractivity (Wildman–Crippen MR) is 182 cm³/mol. The van der Waals surface area contributed by atoms with E-state index >= 15 is 4.39 Å². The molecule has 45 heavy (non-hydrogen) atoms. The summed E-state index contributed by atoms with van der Waals surface area (Å²) in [4.78, 5) is 4.75. The van der Waals surface area contributed by atoms with Crippen LogP contribution in [0.15, 0.2) is 89.8 Å². The van der Waals surface area contributed by atoms with Gasteiger partial charge in [0.2, 0.25) is 0 Å². The minimum atomic E-state index is -3.93. The molecule has 2 aromatic heterocycles. The number of anilines is 1. The fourth-order valence-electron chi connectivity index (χ4n) is 5.51. The summed E-state index contributed by atoms with van der Waals surface area (Å²) in [6.07, 6.45) is 1.67. The summed E-state index contributed by atoms with van der Waals surface area (Å²) in [5, 5.41) is 12.4. The maximum Gasteiger partial charge on any atom is 0.257 e. The summed E-state index contributed by atoms with van der Waals surface area (Å²) < 4.78 is 44.1. The van der Waals surface area contributed by atoms with Crippen molar-refractivity contribution in [2.75, 3.05) is 18.6 Å². The molecule has 10 heteroatoms. The third-order valence-corrected chi connectivity index (χ3v) is 11.8. The summed E-state index contributed by atoms with van der Waals surface area (Å²) in [5.41, 5.74) is 5.69. The minimum absolute atomic E-state index is 0.0498. The minimum Gasteiger partial charge on any atom is -0.372 e. The molecule has 7 nitrogen and oxygen atoms in total. The molecule has 0 saturated heterocycles. The zero-order valence-electron chi connectivity index (χ0n) is 26.0. The van der Waals surface area contributed by atoms with Gasteiger partial charge >= 0.3 is 0 Å². The van der Waals surface area contributed by atoms with Crippen LogP contribution in [0.1, 0.15) is 42.0 Å². The van der Waals surface area contributed by atoms with Gasteiger partial charge in [-0.3, -0.25) is 4.40 Å². The molecule has 1 N–H and O–H groups in total. The monoisotopic (exact) mass is 639 g/mol. The molecular weight excluding hydrogens is 606 g/mol. The highest BCUT2D eigenvalue weighted by Gasteiger charge is 2.32. The van der Waals surface area contributed by atoms with Crippen LogP contribution in [-0.4, -0.2) is 41.3 Å². The fourth-order valence-corrected chi connectivity index (χ4v) is 8.57. The second-order valence-corrected chi connectivity index (χ2v) is 15.4. The van der Waals surface area contributed by atoms with E-state index in [0.717, 1.165) is 34.0 Å². The number of hydrogen-bond donors (Lipinski definition) is 1. The maximum atomic E-state index is 15.9. The van der Waals surface area contributed by atoms with Crippen molar-refractivity contribution in [3.8, 4) is 22.5 Å². The lowest BCUT2D eigenvalue weighted by Crippen LogP contribution is -2.13. The zero-order valence-corrected chi connectivity index (χ0v) is 27.6. The third kappa shape index (κ3) is 5.57. The highest BCUT2D eigenvalue weighted by molar-refractivity contribution is 8.12. The first kappa shape index (κ1) is 30.7. The number of sulfone groups is 1. The molecule has 0 spiro atoms. The van der Waals surface area contributed by atoms with E-state index in [4.69, 9.17) is 0 Å². The van der Waals surface area contributed by atoms with Gasteiger partial charge in [0.05, 0.1) is 10.4 Å². The molecule has 0 aliphatic rings.